The highest BCUT2D eigenvalue weighted by atomic mass is 19.1. The number of amides is 1. The van der Waals surface area contributed by atoms with Crippen LogP contribution in [-0.4, -0.2) is 41.6 Å². The molecule has 1 saturated heterocycles. The molecule has 1 atom stereocenters. The zero-order valence-corrected chi connectivity index (χ0v) is 14.1. The molecule has 0 aliphatic carbocycles. The minimum atomic E-state index is -0.623. The van der Waals surface area contributed by atoms with Gasteiger partial charge in [-0.05, 0) is 43.2 Å². The second-order valence-electron chi connectivity index (χ2n) is 6.17. The lowest BCUT2D eigenvalue weighted by atomic mass is 10.1. The maximum absolute atomic E-state index is 13.5. The molecule has 2 aromatic rings. The maximum atomic E-state index is 13.5. The van der Waals surface area contributed by atoms with E-state index in [1.165, 1.54) is 12.1 Å². The molecule has 1 amide bonds. The molecule has 6 nitrogen and oxygen atoms in total. The fourth-order valence-electron chi connectivity index (χ4n) is 2.98. The van der Waals surface area contributed by atoms with Crippen molar-refractivity contribution in [1.82, 2.24) is 15.1 Å². The predicted molar refractivity (Wildman–Crippen MR) is 90.5 cm³/mol. The van der Waals surface area contributed by atoms with Gasteiger partial charge in [-0.2, -0.15) is 10.4 Å². The van der Waals surface area contributed by atoms with Crippen LogP contribution in [0.2, 0.25) is 0 Å². The van der Waals surface area contributed by atoms with Crippen LogP contribution in [0.15, 0.2) is 30.3 Å². The van der Waals surface area contributed by atoms with Crippen LogP contribution < -0.4 is 4.90 Å². The van der Waals surface area contributed by atoms with Crippen LogP contribution in [0.1, 0.15) is 40.5 Å². The SMILES string of the molecule is CN(C)c1ccc(C2CCCN2C(=O)c2ccc(F)c(C#N)c2)nn1. The van der Waals surface area contributed by atoms with Gasteiger partial charge in [-0.25, -0.2) is 4.39 Å². The van der Waals surface area contributed by atoms with E-state index in [1.54, 1.807) is 11.0 Å². The molecule has 1 unspecified atom stereocenters. The quantitative estimate of drug-likeness (QED) is 0.859. The Morgan fingerprint density at radius 2 is 2.12 bits per heavy atom. The maximum Gasteiger partial charge on any atom is 0.254 e. The van der Waals surface area contributed by atoms with Crippen molar-refractivity contribution < 1.29 is 9.18 Å². The Morgan fingerprint density at radius 3 is 2.76 bits per heavy atom. The lowest BCUT2D eigenvalue weighted by molar-refractivity contribution is 0.0732. The van der Waals surface area contributed by atoms with Crippen LogP contribution in [0.25, 0.3) is 0 Å². The van der Waals surface area contributed by atoms with Crippen molar-refractivity contribution in [3.63, 3.8) is 0 Å². The fraction of sp³-hybridized carbons (Fsp3) is 0.333. The van der Waals surface area contributed by atoms with E-state index in [1.807, 2.05) is 31.1 Å². The minimum absolute atomic E-state index is 0.128. The third-order valence-corrected chi connectivity index (χ3v) is 4.32. The number of nitriles is 1. The highest BCUT2D eigenvalue weighted by Crippen LogP contribution is 2.32. The number of hydrogen-bond acceptors (Lipinski definition) is 5. The number of carbonyl (C=O) groups is 1. The van der Waals surface area contributed by atoms with E-state index in [2.05, 4.69) is 10.2 Å². The van der Waals surface area contributed by atoms with Gasteiger partial charge in [0.1, 0.15) is 11.9 Å². The zero-order chi connectivity index (χ0) is 18.0. The molecule has 1 aliphatic heterocycles. The molecule has 128 valence electrons. The molecule has 1 fully saturated rings. The first-order valence-corrected chi connectivity index (χ1v) is 8.03. The Hall–Kier alpha value is -3.01. The van der Waals surface area contributed by atoms with Gasteiger partial charge < -0.3 is 9.80 Å². The first kappa shape index (κ1) is 16.8. The summed E-state index contributed by atoms with van der Waals surface area (Å²) in [5.74, 6) is -0.100. The van der Waals surface area contributed by atoms with E-state index in [-0.39, 0.29) is 17.5 Å². The van der Waals surface area contributed by atoms with Gasteiger partial charge in [0.2, 0.25) is 0 Å². The van der Waals surface area contributed by atoms with E-state index in [0.717, 1.165) is 30.4 Å². The van der Waals surface area contributed by atoms with Crippen LogP contribution in [0.5, 0.6) is 0 Å². The standard InChI is InChI=1S/C18H18FN5O/c1-23(2)17-8-7-15(21-22-17)16-4-3-9-24(16)18(25)12-5-6-14(19)13(10-12)11-20/h5-8,10,16H,3-4,9H2,1-2H3. The molecule has 0 radical (unpaired) electrons. The summed E-state index contributed by atoms with van der Waals surface area (Å²) in [6, 6.07) is 9.22. The Morgan fingerprint density at radius 1 is 1.32 bits per heavy atom. The van der Waals surface area contributed by atoms with E-state index in [0.29, 0.717) is 12.1 Å². The summed E-state index contributed by atoms with van der Waals surface area (Å²) in [4.78, 5) is 16.4. The van der Waals surface area contributed by atoms with Crippen molar-refractivity contribution in [2.24, 2.45) is 0 Å². The molecule has 2 heterocycles. The van der Waals surface area contributed by atoms with Crippen molar-refractivity contribution in [2.75, 3.05) is 25.5 Å². The normalized spacial score (nSPS) is 16.6. The van der Waals surface area contributed by atoms with Gasteiger partial charge in [-0.15, -0.1) is 5.10 Å². The minimum Gasteiger partial charge on any atom is -0.361 e. The van der Waals surface area contributed by atoms with Gasteiger partial charge >= 0.3 is 0 Å². The summed E-state index contributed by atoms with van der Waals surface area (Å²) >= 11 is 0. The van der Waals surface area contributed by atoms with Gasteiger partial charge in [0.15, 0.2) is 5.82 Å². The first-order valence-electron chi connectivity index (χ1n) is 8.03. The number of benzene rings is 1. The van der Waals surface area contributed by atoms with Crippen molar-refractivity contribution in [3.05, 3.63) is 53.0 Å². The summed E-state index contributed by atoms with van der Waals surface area (Å²) in [6.45, 7) is 0.597. The van der Waals surface area contributed by atoms with Crippen LogP contribution in [0.3, 0.4) is 0 Å². The molecule has 7 heteroatoms. The van der Waals surface area contributed by atoms with Crippen molar-refractivity contribution >= 4 is 11.7 Å². The van der Waals surface area contributed by atoms with Crippen LogP contribution >= 0.6 is 0 Å². The summed E-state index contributed by atoms with van der Waals surface area (Å²) in [5, 5.41) is 17.4. The zero-order valence-electron chi connectivity index (χ0n) is 14.1. The topological polar surface area (TPSA) is 73.1 Å². The van der Waals surface area contributed by atoms with Crippen LogP contribution in [-0.2, 0) is 0 Å². The molecule has 0 N–H and O–H groups in total. The Bertz CT molecular complexity index is 828. The van der Waals surface area contributed by atoms with E-state index < -0.39 is 5.82 Å². The lowest BCUT2D eigenvalue weighted by Gasteiger charge is -2.24. The van der Waals surface area contributed by atoms with Crippen molar-refractivity contribution in [1.29, 1.82) is 5.26 Å². The number of nitrogens with zero attached hydrogens (tertiary/aromatic N) is 5. The number of rotatable bonds is 3. The average molecular weight is 339 g/mol. The molecule has 1 aromatic carbocycles. The summed E-state index contributed by atoms with van der Waals surface area (Å²) in [5.41, 5.74) is 0.915. The van der Waals surface area contributed by atoms with Crippen molar-refractivity contribution in [3.8, 4) is 6.07 Å². The predicted octanol–water partition coefficient (Wildman–Crippen LogP) is 2.53. The highest BCUT2D eigenvalue weighted by molar-refractivity contribution is 5.95. The largest absolute Gasteiger partial charge is 0.361 e. The second kappa shape index (κ2) is 6.85. The van der Waals surface area contributed by atoms with Crippen molar-refractivity contribution in [2.45, 2.75) is 18.9 Å². The molecule has 0 saturated carbocycles. The smallest absolute Gasteiger partial charge is 0.254 e. The Balaban J connectivity index is 1.86. The van der Waals surface area contributed by atoms with Gasteiger partial charge in [-0.1, -0.05) is 0 Å². The molecule has 0 spiro atoms. The number of aromatic nitrogens is 2. The Labute approximate surface area is 145 Å². The fourth-order valence-corrected chi connectivity index (χ4v) is 2.98. The number of hydrogen-bond donors (Lipinski definition) is 0. The molecular formula is C18H18FN5O. The van der Waals surface area contributed by atoms with E-state index in [4.69, 9.17) is 5.26 Å². The summed E-state index contributed by atoms with van der Waals surface area (Å²) < 4.78 is 13.5. The summed E-state index contributed by atoms with van der Waals surface area (Å²) in [6.07, 6.45) is 1.66. The van der Waals surface area contributed by atoms with Gasteiger partial charge in [-0.3, -0.25) is 4.79 Å². The van der Waals surface area contributed by atoms with Crippen LogP contribution in [0.4, 0.5) is 10.2 Å². The van der Waals surface area contributed by atoms with E-state index >= 15 is 0 Å². The van der Waals surface area contributed by atoms with Gasteiger partial charge in [0.25, 0.3) is 5.91 Å². The monoisotopic (exact) mass is 339 g/mol. The number of anilines is 1. The average Bonchev–Trinajstić information content (AvgIpc) is 3.11. The summed E-state index contributed by atoms with van der Waals surface area (Å²) in [7, 11) is 3.77. The number of likely N-dealkylation sites (tertiary alicyclic amines) is 1. The Kier molecular flexibility index (Phi) is 4.61. The second-order valence-corrected chi connectivity index (χ2v) is 6.17. The first-order chi connectivity index (χ1) is 12.0. The highest BCUT2D eigenvalue weighted by Gasteiger charge is 2.32. The number of carbonyl (C=O) groups excluding carboxylic acids is 1. The van der Waals surface area contributed by atoms with E-state index in [9.17, 15) is 9.18 Å². The molecule has 25 heavy (non-hydrogen) atoms. The van der Waals surface area contributed by atoms with Gasteiger partial charge in [0, 0.05) is 26.2 Å². The third kappa shape index (κ3) is 3.29. The number of halogens is 1. The van der Waals surface area contributed by atoms with Crippen LogP contribution in [0, 0.1) is 17.1 Å². The molecule has 1 aromatic heterocycles. The molecule has 0 bridgehead atoms. The lowest BCUT2D eigenvalue weighted by Crippen LogP contribution is -2.31. The van der Waals surface area contributed by atoms with Gasteiger partial charge in [0.05, 0.1) is 17.3 Å². The molecule has 1 aliphatic rings. The molecular weight excluding hydrogens is 321 g/mol. The third-order valence-electron chi connectivity index (χ3n) is 4.32. The molecule has 3 rings (SSSR count).